The molecule has 1 aromatic heterocycles. The summed E-state index contributed by atoms with van der Waals surface area (Å²) in [4.78, 5) is 4.49. The van der Waals surface area contributed by atoms with Gasteiger partial charge in [-0.15, -0.1) is 0 Å². The first kappa shape index (κ1) is 8.72. The van der Waals surface area contributed by atoms with Crippen molar-refractivity contribution in [2.24, 2.45) is 0 Å². The van der Waals surface area contributed by atoms with E-state index in [-0.39, 0.29) is 0 Å². The second-order valence-electron chi connectivity index (χ2n) is 3.97. The maximum Gasteiger partial charge on any atom is 0.0997 e. The molecule has 0 fully saturated rings. The summed E-state index contributed by atoms with van der Waals surface area (Å²) < 4.78 is 2.21. The summed E-state index contributed by atoms with van der Waals surface area (Å²) in [5.74, 6) is 0. The van der Waals surface area contributed by atoms with Crippen LogP contribution in [-0.2, 0) is 12.8 Å². The van der Waals surface area contributed by atoms with Gasteiger partial charge in [-0.2, -0.15) is 0 Å². The van der Waals surface area contributed by atoms with Gasteiger partial charge in [-0.05, 0) is 43.9 Å². The van der Waals surface area contributed by atoms with Crippen LogP contribution in [0.5, 0.6) is 0 Å². The van der Waals surface area contributed by atoms with Gasteiger partial charge in [0.05, 0.1) is 12.0 Å². The summed E-state index contributed by atoms with van der Waals surface area (Å²) in [6, 6.07) is 11.1. The summed E-state index contributed by atoms with van der Waals surface area (Å²) >= 11 is 0. The molecule has 1 heterocycles. The number of imidazole rings is 1. The summed E-state index contributed by atoms with van der Waals surface area (Å²) in [5, 5.41) is 0. The van der Waals surface area contributed by atoms with Crippen molar-refractivity contribution in [3.8, 4) is 5.69 Å². The standard InChI is InChI=1S/C13H13N2/c1-2-6-11(7-3-1)15-10-14-12-8-4-5-9-13(12)15/h2-3,6-7,10H,4-5,8-9H2. The predicted molar refractivity (Wildman–Crippen MR) is 59.0 cm³/mol. The molecule has 0 aliphatic heterocycles. The molecule has 15 heavy (non-hydrogen) atoms. The first-order chi connectivity index (χ1) is 7.45. The van der Waals surface area contributed by atoms with Crippen molar-refractivity contribution in [3.63, 3.8) is 0 Å². The lowest BCUT2D eigenvalue weighted by Crippen LogP contribution is -2.06. The first-order valence-electron chi connectivity index (χ1n) is 5.47. The Balaban J connectivity index is 2.09. The summed E-state index contributed by atoms with van der Waals surface area (Å²) in [7, 11) is 0. The fraction of sp³-hybridized carbons (Fsp3) is 0.308. The maximum absolute atomic E-state index is 4.49. The molecule has 3 rings (SSSR count). The topological polar surface area (TPSA) is 17.8 Å². The lowest BCUT2D eigenvalue weighted by atomic mass is 10.0. The first-order valence-corrected chi connectivity index (χ1v) is 5.47. The number of fused-ring (bicyclic) bond motifs is 1. The zero-order valence-corrected chi connectivity index (χ0v) is 8.61. The molecule has 75 valence electrons. The van der Waals surface area contributed by atoms with Crippen LogP contribution in [0, 0.1) is 6.07 Å². The van der Waals surface area contributed by atoms with Crippen molar-refractivity contribution in [1.29, 1.82) is 0 Å². The van der Waals surface area contributed by atoms with Crippen molar-refractivity contribution in [2.75, 3.05) is 0 Å². The van der Waals surface area contributed by atoms with Gasteiger partial charge >= 0.3 is 0 Å². The molecule has 0 amide bonds. The number of rotatable bonds is 1. The Bertz CT molecular complexity index is 457. The van der Waals surface area contributed by atoms with Gasteiger partial charge < -0.3 is 4.57 Å². The zero-order chi connectivity index (χ0) is 10.1. The van der Waals surface area contributed by atoms with Crippen LogP contribution in [0.2, 0.25) is 0 Å². The van der Waals surface area contributed by atoms with Crippen LogP contribution < -0.4 is 0 Å². The largest absolute Gasteiger partial charge is 0.303 e. The number of hydrogen-bond acceptors (Lipinski definition) is 1. The van der Waals surface area contributed by atoms with Gasteiger partial charge in [-0.25, -0.2) is 4.98 Å². The third-order valence-electron chi connectivity index (χ3n) is 3.01. The van der Waals surface area contributed by atoms with E-state index in [4.69, 9.17) is 0 Å². The highest BCUT2D eigenvalue weighted by atomic mass is 15.1. The van der Waals surface area contributed by atoms with Gasteiger partial charge in [-0.1, -0.05) is 12.1 Å². The van der Waals surface area contributed by atoms with Crippen molar-refractivity contribution >= 4 is 0 Å². The molecule has 0 bridgehead atoms. The number of aromatic nitrogens is 2. The van der Waals surface area contributed by atoms with Gasteiger partial charge in [0.15, 0.2) is 0 Å². The van der Waals surface area contributed by atoms with Crippen LogP contribution in [0.25, 0.3) is 5.69 Å². The van der Waals surface area contributed by atoms with Gasteiger partial charge in [0, 0.05) is 11.4 Å². The zero-order valence-electron chi connectivity index (χ0n) is 8.61. The Hall–Kier alpha value is -1.57. The fourth-order valence-electron chi connectivity index (χ4n) is 2.23. The minimum Gasteiger partial charge on any atom is -0.303 e. The van der Waals surface area contributed by atoms with Crippen LogP contribution in [0.15, 0.2) is 30.6 Å². The Kier molecular flexibility index (Phi) is 2.05. The molecule has 1 radical (unpaired) electrons. The molecular weight excluding hydrogens is 184 g/mol. The van der Waals surface area contributed by atoms with E-state index in [1.165, 1.54) is 29.9 Å². The second kappa shape index (κ2) is 3.54. The maximum atomic E-state index is 4.49. The van der Waals surface area contributed by atoms with Gasteiger partial charge in [0.2, 0.25) is 0 Å². The quantitative estimate of drug-likeness (QED) is 0.687. The highest BCUT2D eigenvalue weighted by Gasteiger charge is 2.15. The molecule has 0 N–H and O–H groups in total. The molecule has 1 aliphatic rings. The van der Waals surface area contributed by atoms with E-state index in [0.29, 0.717) is 0 Å². The number of nitrogens with zero attached hydrogens (tertiary/aromatic N) is 2. The number of hydrogen-bond donors (Lipinski definition) is 0. The van der Waals surface area contributed by atoms with E-state index in [1.807, 2.05) is 18.5 Å². The SMILES string of the molecule is [c]1ccc(-n2cnc3c2CCCC3)cc1. The van der Waals surface area contributed by atoms with E-state index in [0.717, 1.165) is 12.8 Å². The van der Waals surface area contributed by atoms with Crippen molar-refractivity contribution in [1.82, 2.24) is 9.55 Å². The number of benzene rings is 1. The second-order valence-corrected chi connectivity index (χ2v) is 3.97. The normalized spacial score (nSPS) is 14.9. The third-order valence-corrected chi connectivity index (χ3v) is 3.01. The molecule has 2 aromatic rings. The van der Waals surface area contributed by atoms with Crippen LogP contribution in [0.1, 0.15) is 24.2 Å². The summed E-state index contributed by atoms with van der Waals surface area (Å²) in [6.07, 6.45) is 6.82. The lowest BCUT2D eigenvalue weighted by Gasteiger charge is -2.13. The molecule has 2 heteroatoms. The third kappa shape index (κ3) is 1.46. The molecule has 0 saturated carbocycles. The van der Waals surface area contributed by atoms with Crippen LogP contribution in [0.4, 0.5) is 0 Å². The monoisotopic (exact) mass is 197 g/mol. The van der Waals surface area contributed by atoms with E-state index in [9.17, 15) is 0 Å². The summed E-state index contributed by atoms with van der Waals surface area (Å²) in [5.41, 5.74) is 3.88. The molecule has 0 unspecified atom stereocenters. The van der Waals surface area contributed by atoms with Crippen molar-refractivity contribution < 1.29 is 0 Å². The molecule has 1 aliphatic carbocycles. The predicted octanol–water partition coefficient (Wildman–Crippen LogP) is 2.55. The van der Waals surface area contributed by atoms with Gasteiger partial charge in [0.1, 0.15) is 0 Å². The van der Waals surface area contributed by atoms with E-state index in [2.05, 4.69) is 27.8 Å². The molecule has 1 aromatic carbocycles. The van der Waals surface area contributed by atoms with Gasteiger partial charge in [-0.3, -0.25) is 0 Å². The Labute approximate surface area is 89.6 Å². The fourth-order valence-corrected chi connectivity index (χ4v) is 2.23. The molecule has 0 spiro atoms. The minimum absolute atomic E-state index is 1.14. The van der Waals surface area contributed by atoms with E-state index >= 15 is 0 Å². The van der Waals surface area contributed by atoms with Crippen molar-refractivity contribution in [3.05, 3.63) is 48.0 Å². The van der Waals surface area contributed by atoms with E-state index in [1.54, 1.807) is 0 Å². The van der Waals surface area contributed by atoms with Crippen molar-refractivity contribution in [2.45, 2.75) is 25.7 Å². The molecular formula is C13H13N2. The Morgan fingerprint density at radius 1 is 1.13 bits per heavy atom. The minimum atomic E-state index is 1.14. The average molecular weight is 197 g/mol. The highest BCUT2D eigenvalue weighted by Crippen LogP contribution is 2.22. The number of aryl methyl sites for hydroxylation is 1. The molecule has 2 nitrogen and oxygen atoms in total. The molecule has 0 atom stereocenters. The summed E-state index contributed by atoms with van der Waals surface area (Å²) in [6.45, 7) is 0. The Morgan fingerprint density at radius 3 is 2.80 bits per heavy atom. The van der Waals surface area contributed by atoms with Gasteiger partial charge in [0.25, 0.3) is 0 Å². The van der Waals surface area contributed by atoms with E-state index < -0.39 is 0 Å². The van der Waals surface area contributed by atoms with Crippen LogP contribution in [0.3, 0.4) is 0 Å². The van der Waals surface area contributed by atoms with Crippen LogP contribution in [-0.4, -0.2) is 9.55 Å². The van der Waals surface area contributed by atoms with Crippen LogP contribution >= 0.6 is 0 Å². The molecule has 0 saturated heterocycles. The average Bonchev–Trinajstić information content (AvgIpc) is 2.74. The Morgan fingerprint density at radius 2 is 1.93 bits per heavy atom. The lowest BCUT2D eigenvalue weighted by molar-refractivity contribution is 0.656. The smallest absolute Gasteiger partial charge is 0.0997 e. The highest BCUT2D eigenvalue weighted by molar-refractivity contribution is 5.35.